The number of unbranched alkanes of at least 4 members (excludes halogenated alkanes) is 2. The fraction of sp³-hybridized carbons (Fsp3) is 0.233. The number of rotatable bonds is 8. The summed E-state index contributed by atoms with van der Waals surface area (Å²) >= 11 is 3.47. The first-order chi connectivity index (χ1) is 17.4. The molecule has 0 saturated heterocycles. The number of aromatic nitrogens is 1. The minimum atomic E-state index is -0.353. The van der Waals surface area contributed by atoms with Crippen LogP contribution in [0, 0.1) is 13.8 Å². The highest BCUT2D eigenvalue weighted by Crippen LogP contribution is 2.29. The number of aryl methyl sites for hydroxylation is 2. The summed E-state index contributed by atoms with van der Waals surface area (Å²) in [5, 5.41) is 3.78. The Morgan fingerprint density at radius 1 is 0.944 bits per heavy atom. The second-order valence-corrected chi connectivity index (χ2v) is 9.83. The van der Waals surface area contributed by atoms with Crippen LogP contribution in [0.3, 0.4) is 0 Å². The van der Waals surface area contributed by atoms with E-state index in [1.54, 1.807) is 24.3 Å². The summed E-state index contributed by atoms with van der Waals surface area (Å²) in [4.78, 5) is 30.6. The monoisotopic (exact) mass is 544 g/mol. The van der Waals surface area contributed by atoms with Crippen LogP contribution in [0.25, 0.3) is 22.2 Å². The molecule has 1 heterocycles. The van der Waals surface area contributed by atoms with E-state index in [1.165, 1.54) is 0 Å². The molecule has 184 valence electrons. The van der Waals surface area contributed by atoms with Gasteiger partial charge >= 0.3 is 5.97 Å². The minimum Gasteiger partial charge on any atom is -0.462 e. The lowest BCUT2D eigenvalue weighted by molar-refractivity contribution is 0.0498. The lowest BCUT2D eigenvalue weighted by atomic mass is 9.99. The van der Waals surface area contributed by atoms with E-state index < -0.39 is 0 Å². The number of halogens is 1. The van der Waals surface area contributed by atoms with Crippen LogP contribution >= 0.6 is 15.9 Å². The average molecular weight is 545 g/mol. The Bertz CT molecular complexity index is 1400. The molecule has 1 N–H and O–H groups in total. The molecule has 1 aromatic heterocycles. The lowest BCUT2D eigenvalue weighted by Crippen LogP contribution is -2.14. The highest BCUT2D eigenvalue weighted by Gasteiger charge is 2.17. The number of hydrogen-bond donors (Lipinski definition) is 1. The van der Waals surface area contributed by atoms with Crippen molar-refractivity contribution in [1.82, 2.24) is 4.98 Å². The van der Waals surface area contributed by atoms with E-state index in [4.69, 9.17) is 9.72 Å². The summed E-state index contributed by atoms with van der Waals surface area (Å²) in [6.45, 7) is 6.54. The second kappa shape index (κ2) is 11.5. The van der Waals surface area contributed by atoms with Crippen molar-refractivity contribution in [1.29, 1.82) is 0 Å². The third kappa shape index (κ3) is 6.00. The predicted octanol–water partition coefficient (Wildman–Crippen LogP) is 7.88. The summed E-state index contributed by atoms with van der Waals surface area (Å²) in [6.07, 6.45) is 2.96. The van der Waals surface area contributed by atoms with Gasteiger partial charge in [-0.1, -0.05) is 59.5 Å². The van der Waals surface area contributed by atoms with Crippen molar-refractivity contribution >= 4 is 44.4 Å². The average Bonchev–Trinajstić information content (AvgIpc) is 2.87. The highest BCUT2D eigenvalue weighted by molar-refractivity contribution is 9.10. The van der Waals surface area contributed by atoms with E-state index in [1.807, 2.05) is 50.2 Å². The zero-order chi connectivity index (χ0) is 25.7. The van der Waals surface area contributed by atoms with E-state index in [2.05, 4.69) is 34.2 Å². The van der Waals surface area contributed by atoms with Crippen molar-refractivity contribution in [3.8, 4) is 11.3 Å². The first-order valence-corrected chi connectivity index (χ1v) is 12.9. The molecule has 0 aliphatic heterocycles. The molecule has 3 aromatic carbocycles. The number of ether oxygens (including phenoxy) is 1. The molecule has 6 heteroatoms. The van der Waals surface area contributed by atoms with Crippen molar-refractivity contribution < 1.29 is 14.3 Å². The molecular formula is C30H29BrN2O3. The number of anilines is 1. The molecule has 4 aromatic rings. The maximum absolute atomic E-state index is 13.5. The molecule has 0 atom stereocenters. The van der Waals surface area contributed by atoms with E-state index in [0.717, 1.165) is 57.0 Å². The zero-order valence-corrected chi connectivity index (χ0v) is 22.3. The van der Waals surface area contributed by atoms with Gasteiger partial charge in [-0.2, -0.15) is 0 Å². The summed E-state index contributed by atoms with van der Waals surface area (Å²) in [5.74, 6) is -0.588. The van der Waals surface area contributed by atoms with E-state index >= 15 is 0 Å². The van der Waals surface area contributed by atoms with Crippen LogP contribution in [0.5, 0.6) is 0 Å². The zero-order valence-electron chi connectivity index (χ0n) is 20.7. The maximum atomic E-state index is 13.5. The van der Waals surface area contributed by atoms with Crippen molar-refractivity contribution in [2.45, 2.75) is 40.0 Å². The van der Waals surface area contributed by atoms with Crippen LogP contribution in [0.4, 0.5) is 5.69 Å². The van der Waals surface area contributed by atoms with Gasteiger partial charge < -0.3 is 10.1 Å². The van der Waals surface area contributed by atoms with Crippen LogP contribution in [-0.4, -0.2) is 23.5 Å². The fourth-order valence-electron chi connectivity index (χ4n) is 4.13. The Labute approximate surface area is 220 Å². The summed E-state index contributed by atoms with van der Waals surface area (Å²) in [6, 6.07) is 20.5. The van der Waals surface area contributed by atoms with Gasteiger partial charge in [0.05, 0.1) is 28.9 Å². The standard InChI is InChI=1S/C30H29BrN2O3/c1-4-5-6-15-36-30(35)22-9-13-24(14-10-22)32-29(34)26-18-27(21-7-11-23(31)12-8-21)33-28-20(3)16-19(2)17-25(26)28/h7-14,16-18H,4-6,15H2,1-3H3,(H,32,34). The summed E-state index contributed by atoms with van der Waals surface area (Å²) in [5.41, 5.74) is 6.14. The van der Waals surface area contributed by atoms with Gasteiger partial charge in [-0.15, -0.1) is 0 Å². The second-order valence-electron chi connectivity index (χ2n) is 8.91. The first-order valence-electron chi connectivity index (χ1n) is 12.1. The third-order valence-corrected chi connectivity index (χ3v) is 6.52. The molecule has 0 radical (unpaired) electrons. The van der Waals surface area contributed by atoms with Gasteiger partial charge in [0.25, 0.3) is 5.91 Å². The van der Waals surface area contributed by atoms with Gasteiger partial charge in [0.1, 0.15) is 0 Å². The van der Waals surface area contributed by atoms with Gasteiger partial charge in [0.15, 0.2) is 0 Å². The molecular weight excluding hydrogens is 516 g/mol. The molecule has 0 saturated carbocycles. The third-order valence-electron chi connectivity index (χ3n) is 5.99. The van der Waals surface area contributed by atoms with Gasteiger partial charge in [0, 0.05) is 21.1 Å². The first kappa shape index (κ1) is 25.6. The van der Waals surface area contributed by atoms with Crippen LogP contribution < -0.4 is 5.32 Å². The number of fused-ring (bicyclic) bond motifs is 1. The Morgan fingerprint density at radius 3 is 2.36 bits per heavy atom. The summed E-state index contributed by atoms with van der Waals surface area (Å²) < 4.78 is 6.29. The minimum absolute atomic E-state index is 0.236. The lowest BCUT2D eigenvalue weighted by Gasteiger charge is -2.13. The maximum Gasteiger partial charge on any atom is 0.338 e. The Kier molecular flexibility index (Phi) is 8.16. The van der Waals surface area contributed by atoms with Crippen LogP contribution in [-0.2, 0) is 4.74 Å². The molecule has 0 aliphatic carbocycles. The quantitative estimate of drug-likeness (QED) is 0.181. The number of hydrogen-bond acceptors (Lipinski definition) is 4. The van der Waals surface area contributed by atoms with Gasteiger partial charge in [-0.05, 0) is 74.4 Å². The predicted molar refractivity (Wildman–Crippen MR) is 149 cm³/mol. The number of carbonyl (C=O) groups is 2. The number of nitrogens with one attached hydrogen (secondary N) is 1. The van der Waals surface area contributed by atoms with Crippen molar-refractivity contribution in [2.75, 3.05) is 11.9 Å². The Morgan fingerprint density at radius 2 is 1.67 bits per heavy atom. The molecule has 1 amide bonds. The molecule has 0 fully saturated rings. The molecule has 0 aliphatic rings. The van der Waals surface area contributed by atoms with Gasteiger partial charge in [-0.25, -0.2) is 9.78 Å². The van der Waals surface area contributed by atoms with Gasteiger partial charge in [-0.3, -0.25) is 4.79 Å². The van der Waals surface area contributed by atoms with Crippen LogP contribution in [0.2, 0.25) is 0 Å². The van der Waals surface area contributed by atoms with Crippen LogP contribution in [0.1, 0.15) is 58.0 Å². The molecule has 4 rings (SSSR count). The van der Waals surface area contributed by atoms with Crippen molar-refractivity contribution in [3.63, 3.8) is 0 Å². The summed E-state index contributed by atoms with van der Waals surface area (Å²) in [7, 11) is 0. The number of pyridine rings is 1. The van der Waals surface area contributed by atoms with E-state index in [9.17, 15) is 9.59 Å². The number of amides is 1. The Balaban J connectivity index is 1.61. The Hall–Kier alpha value is -3.51. The van der Waals surface area contributed by atoms with Crippen molar-refractivity contribution in [3.05, 3.63) is 93.5 Å². The highest BCUT2D eigenvalue weighted by atomic mass is 79.9. The number of esters is 1. The largest absolute Gasteiger partial charge is 0.462 e. The van der Waals surface area contributed by atoms with E-state index in [-0.39, 0.29) is 11.9 Å². The SMILES string of the molecule is CCCCCOC(=O)c1ccc(NC(=O)c2cc(-c3ccc(Br)cc3)nc3c(C)cc(C)cc23)cc1. The molecule has 5 nitrogen and oxygen atoms in total. The molecule has 0 spiro atoms. The number of benzene rings is 3. The number of nitrogens with zero attached hydrogens (tertiary/aromatic N) is 1. The number of carbonyl (C=O) groups excluding carboxylic acids is 2. The molecule has 36 heavy (non-hydrogen) atoms. The molecule has 0 bridgehead atoms. The van der Waals surface area contributed by atoms with Crippen LogP contribution in [0.15, 0.2) is 71.2 Å². The van der Waals surface area contributed by atoms with E-state index in [0.29, 0.717) is 23.4 Å². The molecule has 0 unspecified atom stereocenters. The van der Waals surface area contributed by atoms with Gasteiger partial charge in [0.2, 0.25) is 0 Å². The fourth-order valence-corrected chi connectivity index (χ4v) is 4.39. The smallest absolute Gasteiger partial charge is 0.338 e. The normalized spacial score (nSPS) is 10.9. The van der Waals surface area contributed by atoms with Crippen molar-refractivity contribution in [2.24, 2.45) is 0 Å². The topological polar surface area (TPSA) is 68.3 Å².